The normalized spacial score (nSPS) is 30.0. The van der Waals surface area contributed by atoms with Gasteiger partial charge in [0, 0.05) is 18.6 Å². The Morgan fingerprint density at radius 2 is 1.57 bits per heavy atom. The molecule has 0 spiro atoms. The van der Waals surface area contributed by atoms with E-state index in [2.05, 4.69) is 32.6 Å². The maximum absolute atomic E-state index is 6.23. The summed E-state index contributed by atoms with van der Waals surface area (Å²) in [5.74, 6) is 1.75. The molecule has 0 aromatic carbocycles. The van der Waals surface area contributed by atoms with Crippen LogP contribution in [0.1, 0.15) is 79.1 Å². The summed E-state index contributed by atoms with van der Waals surface area (Å²) >= 11 is 0. The van der Waals surface area contributed by atoms with Crippen LogP contribution in [0.5, 0.6) is 0 Å². The van der Waals surface area contributed by atoms with E-state index in [9.17, 15) is 0 Å². The monoisotopic (exact) mass is 294 g/mol. The Balaban J connectivity index is 1.95. The molecule has 0 radical (unpaired) electrons. The quantitative estimate of drug-likeness (QED) is 0.812. The summed E-state index contributed by atoms with van der Waals surface area (Å²) in [4.78, 5) is 2.77. The second kappa shape index (κ2) is 7.46. The molecule has 2 aliphatic carbocycles. The maximum Gasteiger partial charge on any atom is 0.0249 e. The van der Waals surface area contributed by atoms with E-state index in [1.54, 1.807) is 0 Å². The standard InChI is InChI=1S/C19H38N2/c1-5-21(17-8-6-7-9-17)18(14-20)15-10-12-16(13-11-15)19(2,3)4/h15-18H,5-14,20H2,1-4H3. The van der Waals surface area contributed by atoms with Crippen LogP contribution in [0.4, 0.5) is 0 Å². The van der Waals surface area contributed by atoms with Gasteiger partial charge in [0.05, 0.1) is 0 Å². The molecule has 0 amide bonds. The second-order valence-corrected chi connectivity index (χ2v) is 8.55. The van der Waals surface area contributed by atoms with Crippen LogP contribution in [0.3, 0.4) is 0 Å². The Labute approximate surface area is 132 Å². The average Bonchev–Trinajstić information content (AvgIpc) is 2.97. The number of likely N-dealkylation sites (N-methyl/N-ethyl adjacent to an activating group) is 1. The first-order valence-electron chi connectivity index (χ1n) is 9.43. The molecule has 0 aromatic rings. The van der Waals surface area contributed by atoms with Gasteiger partial charge in [0.15, 0.2) is 0 Å². The highest BCUT2D eigenvalue weighted by Crippen LogP contribution is 2.42. The van der Waals surface area contributed by atoms with Crippen molar-refractivity contribution in [3.8, 4) is 0 Å². The summed E-state index contributed by atoms with van der Waals surface area (Å²) in [5.41, 5.74) is 6.71. The average molecular weight is 295 g/mol. The SMILES string of the molecule is CCN(C1CCCC1)C(CN)C1CCC(C(C)(C)C)CC1. The highest BCUT2D eigenvalue weighted by molar-refractivity contribution is 4.90. The van der Waals surface area contributed by atoms with Gasteiger partial charge >= 0.3 is 0 Å². The Morgan fingerprint density at radius 1 is 1.00 bits per heavy atom. The first-order chi connectivity index (χ1) is 9.97. The van der Waals surface area contributed by atoms with E-state index >= 15 is 0 Å². The number of rotatable bonds is 5. The maximum atomic E-state index is 6.23. The molecular weight excluding hydrogens is 256 g/mol. The third-order valence-corrected chi connectivity index (χ3v) is 6.37. The van der Waals surface area contributed by atoms with Crippen molar-refractivity contribution in [1.29, 1.82) is 0 Å². The molecule has 2 nitrogen and oxygen atoms in total. The lowest BCUT2D eigenvalue weighted by atomic mass is 9.68. The van der Waals surface area contributed by atoms with Crippen LogP contribution in [-0.2, 0) is 0 Å². The predicted octanol–water partition coefficient (Wildman–Crippen LogP) is 4.43. The molecule has 2 aliphatic rings. The van der Waals surface area contributed by atoms with Crippen LogP contribution < -0.4 is 5.73 Å². The minimum atomic E-state index is 0.485. The van der Waals surface area contributed by atoms with Gasteiger partial charge in [0.25, 0.3) is 0 Å². The van der Waals surface area contributed by atoms with Gasteiger partial charge in [0.2, 0.25) is 0 Å². The summed E-state index contributed by atoms with van der Waals surface area (Å²) in [7, 11) is 0. The summed E-state index contributed by atoms with van der Waals surface area (Å²) in [6.07, 6.45) is 11.3. The third-order valence-electron chi connectivity index (χ3n) is 6.37. The van der Waals surface area contributed by atoms with Gasteiger partial charge in [0.1, 0.15) is 0 Å². The number of hydrogen-bond acceptors (Lipinski definition) is 2. The van der Waals surface area contributed by atoms with Crippen LogP contribution in [0.15, 0.2) is 0 Å². The molecule has 2 heteroatoms. The van der Waals surface area contributed by atoms with Crippen LogP contribution in [0, 0.1) is 17.3 Å². The molecule has 21 heavy (non-hydrogen) atoms. The zero-order chi connectivity index (χ0) is 15.5. The minimum Gasteiger partial charge on any atom is -0.329 e. The fraction of sp³-hybridized carbons (Fsp3) is 1.00. The lowest BCUT2D eigenvalue weighted by Crippen LogP contribution is -2.50. The van der Waals surface area contributed by atoms with E-state index in [1.807, 2.05) is 0 Å². The number of nitrogens with zero attached hydrogens (tertiary/aromatic N) is 1. The highest BCUT2D eigenvalue weighted by Gasteiger charge is 2.36. The number of hydrogen-bond donors (Lipinski definition) is 1. The lowest BCUT2D eigenvalue weighted by Gasteiger charge is -2.44. The van der Waals surface area contributed by atoms with Crippen molar-refractivity contribution in [2.24, 2.45) is 23.0 Å². The van der Waals surface area contributed by atoms with Crippen molar-refractivity contribution >= 4 is 0 Å². The van der Waals surface area contributed by atoms with Gasteiger partial charge < -0.3 is 5.73 Å². The largest absolute Gasteiger partial charge is 0.329 e. The molecule has 1 atom stereocenters. The topological polar surface area (TPSA) is 29.3 Å². The van der Waals surface area contributed by atoms with Crippen molar-refractivity contribution < 1.29 is 0 Å². The summed E-state index contributed by atoms with van der Waals surface area (Å²) in [6.45, 7) is 11.6. The fourth-order valence-electron chi connectivity index (χ4n) is 4.97. The third kappa shape index (κ3) is 4.22. The van der Waals surface area contributed by atoms with Crippen molar-refractivity contribution in [2.75, 3.05) is 13.1 Å². The van der Waals surface area contributed by atoms with Crippen molar-refractivity contribution in [3.63, 3.8) is 0 Å². The molecule has 2 saturated carbocycles. The second-order valence-electron chi connectivity index (χ2n) is 8.55. The van der Waals surface area contributed by atoms with Gasteiger partial charge in [-0.1, -0.05) is 40.5 Å². The van der Waals surface area contributed by atoms with Crippen LogP contribution in [0.25, 0.3) is 0 Å². The van der Waals surface area contributed by atoms with Crippen molar-refractivity contribution in [1.82, 2.24) is 4.90 Å². The van der Waals surface area contributed by atoms with E-state index in [1.165, 1.54) is 57.9 Å². The molecule has 2 rings (SSSR count). The minimum absolute atomic E-state index is 0.485. The highest BCUT2D eigenvalue weighted by atomic mass is 15.2. The molecule has 124 valence electrons. The number of nitrogens with two attached hydrogens (primary N) is 1. The van der Waals surface area contributed by atoms with E-state index in [4.69, 9.17) is 5.73 Å². The summed E-state index contributed by atoms with van der Waals surface area (Å²) < 4.78 is 0. The Bertz CT molecular complexity index is 293. The van der Waals surface area contributed by atoms with Crippen LogP contribution in [0.2, 0.25) is 0 Å². The summed E-state index contributed by atoms with van der Waals surface area (Å²) in [5, 5.41) is 0. The molecule has 0 aromatic heterocycles. The molecule has 1 unspecified atom stereocenters. The van der Waals surface area contributed by atoms with Crippen molar-refractivity contribution in [3.05, 3.63) is 0 Å². The molecule has 2 fully saturated rings. The zero-order valence-electron chi connectivity index (χ0n) is 14.9. The van der Waals surface area contributed by atoms with Gasteiger partial charge in [-0.05, 0) is 62.3 Å². The lowest BCUT2D eigenvalue weighted by molar-refractivity contribution is 0.0601. The molecule has 0 saturated heterocycles. The predicted molar refractivity (Wildman–Crippen MR) is 92.4 cm³/mol. The van der Waals surface area contributed by atoms with Gasteiger partial charge in [-0.25, -0.2) is 0 Å². The van der Waals surface area contributed by atoms with Crippen molar-refractivity contribution in [2.45, 2.75) is 91.1 Å². The molecule has 0 aliphatic heterocycles. The van der Waals surface area contributed by atoms with E-state index in [-0.39, 0.29) is 0 Å². The zero-order valence-corrected chi connectivity index (χ0v) is 14.9. The Kier molecular flexibility index (Phi) is 6.14. The van der Waals surface area contributed by atoms with E-state index < -0.39 is 0 Å². The van der Waals surface area contributed by atoms with E-state index in [0.717, 1.165) is 24.4 Å². The summed E-state index contributed by atoms with van der Waals surface area (Å²) in [6, 6.07) is 1.46. The fourth-order valence-corrected chi connectivity index (χ4v) is 4.97. The first-order valence-corrected chi connectivity index (χ1v) is 9.43. The van der Waals surface area contributed by atoms with Crippen LogP contribution >= 0.6 is 0 Å². The van der Waals surface area contributed by atoms with Gasteiger partial charge in [-0.2, -0.15) is 0 Å². The van der Waals surface area contributed by atoms with E-state index in [0.29, 0.717) is 11.5 Å². The Morgan fingerprint density at radius 3 is 2.00 bits per heavy atom. The first kappa shape index (κ1) is 17.3. The molecular formula is C19H38N2. The molecule has 2 N–H and O–H groups in total. The van der Waals surface area contributed by atoms with Crippen LogP contribution in [-0.4, -0.2) is 30.1 Å². The van der Waals surface area contributed by atoms with Gasteiger partial charge in [-0.15, -0.1) is 0 Å². The van der Waals surface area contributed by atoms with Gasteiger partial charge in [-0.3, -0.25) is 4.90 Å². The Hall–Kier alpha value is -0.0800. The molecule has 0 heterocycles. The molecule has 0 bridgehead atoms. The smallest absolute Gasteiger partial charge is 0.0249 e.